The third kappa shape index (κ3) is 4.49. The van der Waals surface area contributed by atoms with Gasteiger partial charge in [-0.05, 0) is 0 Å². The monoisotopic (exact) mass is 580 g/mol. The minimum atomic E-state index is 0.00105. The molecule has 0 radical (unpaired) electrons. The van der Waals surface area contributed by atoms with E-state index >= 15 is 0 Å². The van der Waals surface area contributed by atoms with E-state index in [4.69, 9.17) is 5.10 Å². The van der Waals surface area contributed by atoms with Crippen molar-refractivity contribution in [3.8, 4) is 11.1 Å². The molecule has 4 aromatic rings. The fourth-order valence-electron chi connectivity index (χ4n) is 4.72. The molecule has 3 heterocycles. The van der Waals surface area contributed by atoms with E-state index in [2.05, 4.69) is 79.2 Å². The van der Waals surface area contributed by atoms with E-state index in [0.717, 1.165) is 17.8 Å². The van der Waals surface area contributed by atoms with Crippen LogP contribution in [-0.4, -0.2) is 32.1 Å². The van der Waals surface area contributed by atoms with Gasteiger partial charge in [0.1, 0.15) is 0 Å². The summed E-state index contributed by atoms with van der Waals surface area (Å²) in [6.07, 6.45) is 3.60. The summed E-state index contributed by atoms with van der Waals surface area (Å²) in [5.74, 6) is 0.141. The third-order valence-corrected chi connectivity index (χ3v) is 10.4. The van der Waals surface area contributed by atoms with Gasteiger partial charge in [0.15, 0.2) is 0 Å². The number of fused-ring (bicyclic) bond motifs is 1. The van der Waals surface area contributed by atoms with Crippen LogP contribution < -0.4 is 21.2 Å². The normalized spacial score (nSPS) is 15.4. The molecule has 2 aromatic carbocycles. The minimum absolute atomic E-state index is 0.00105. The second kappa shape index (κ2) is 9.88. The van der Waals surface area contributed by atoms with Gasteiger partial charge in [-0.3, -0.25) is 0 Å². The summed E-state index contributed by atoms with van der Waals surface area (Å²) >= 11 is 1.89. The van der Waals surface area contributed by atoms with E-state index in [1.807, 2.05) is 27.0 Å². The number of halogens is 1. The standard InChI is InChI=1S/C28H27IN3OS/c1-4-28(33)31-16-25(23-14-27(29-3)34-26(23)18-31)22-13-9-8-12-21(22)24-17-32(30-19(24)2)15-20-10-6-5-7-11-20/h4-14,17,25H,1,15-16,18H2,2-3H3/q-1/t25-/m1/s1. The van der Waals surface area contributed by atoms with Gasteiger partial charge in [0.2, 0.25) is 0 Å². The number of amides is 1. The predicted molar refractivity (Wildman–Crippen MR) is 134 cm³/mol. The third-order valence-electron chi connectivity index (χ3n) is 6.36. The summed E-state index contributed by atoms with van der Waals surface area (Å²) in [5.41, 5.74) is 7.24. The van der Waals surface area contributed by atoms with Crippen LogP contribution in [0.1, 0.15) is 33.2 Å². The second-order valence-electron chi connectivity index (χ2n) is 8.49. The number of nitrogens with zero attached hydrogens (tertiary/aromatic N) is 3. The van der Waals surface area contributed by atoms with Crippen molar-refractivity contribution in [1.82, 2.24) is 14.7 Å². The van der Waals surface area contributed by atoms with Crippen molar-refractivity contribution in [2.45, 2.75) is 25.9 Å². The van der Waals surface area contributed by atoms with Gasteiger partial charge < -0.3 is 0 Å². The molecule has 1 aliphatic heterocycles. The SMILES string of the molecule is C=CC(=O)N1Cc2sc([I-]C)cc2[C@@H](c2ccccc2-c2cn(Cc3ccccc3)nc2C)C1. The van der Waals surface area contributed by atoms with E-state index < -0.39 is 0 Å². The first-order valence-electron chi connectivity index (χ1n) is 11.3. The molecule has 0 unspecified atom stereocenters. The molecule has 0 N–H and O–H groups in total. The van der Waals surface area contributed by atoms with Crippen LogP contribution >= 0.6 is 11.3 Å². The maximum atomic E-state index is 12.6. The molecule has 6 heteroatoms. The Hall–Kier alpha value is -2.71. The Kier molecular flexibility index (Phi) is 6.70. The Bertz CT molecular complexity index is 1340. The number of carbonyl (C=O) groups is 1. The molecule has 5 rings (SSSR count). The number of rotatable bonds is 6. The van der Waals surface area contributed by atoms with Crippen LogP contribution in [-0.2, 0) is 17.9 Å². The fourth-order valence-corrected chi connectivity index (χ4v) is 7.86. The van der Waals surface area contributed by atoms with Gasteiger partial charge in [0.05, 0.1) is 0 Å². The van der Waals surface area contributed by atoms with Crippen molar-refractivity contribution in [3.63, 3.8) is 0 Å². The number of benzene rings is 2. The molecule has 0 spiro atoms. The van der Waals surface area contributed by atoms with E-state index in [1.165, 1.54) is 36.1 Å². The van der Waals surface area contributed by atoms with Gasteiger partial charge >= 0.3 is 198 Å². The molecular weight excluding hydrogens is 553 g/mol. The first-order chi connectivity index (χ1) is 16.6. The van der Waals surface area contributed by atoms with E-state index in [0.29, 0.717) is 13.1 Å². The number of hydrogen-bond donors (Lipinski definition) is 0. The molecule has 2 aromatic heterocycles. The summed E-state index contributed by atoms with van der Waals surface area (Å²) in [5, 5.41) is 4.83. The van der Waals surface area contributed by atoms with Gasteiger partial charge in [-0.2, -0.15) is 0 Å². The molecular formula is C28H27IN3OS-. The molecule has 0 fully saturated rings. The van der Waals surface area contributed by atoms with Gasteiger partial charge in [-0.15, -0.1) is 0 Å². The number of aryl methyl sites for hydroxylation is 1. The first-order valence-corrected chi connectivity index (χ1v) is 15.3. The Morgan fingerprint density at radius 3 is 2.68 bits per heavy atom. The zero-order chi connectivity index (χ0) is 23.7. The number of hydrogen-bond acceptors (Lipinski definition) is 3. The number of carbonyl (C=O) groups excluding carboxylic acids is 1. The summed E-state index contributed by atoms with van der Waals surface area (Å²) in [6.45, 7) is 7.91. The number of aromatic nitrogens is 2. The Balaban J connectivity index is 1.56. The summed E-state index contributed by atoms with van der Waals surface area (Å²) in [6, 6.07) is 21.4. The van der Waals surface area contributed by atoms with Gasteiger partial charge in [-0.25, -0.2) is 0 Å². The number of alkyl halides is 1. The van der Waals surface area contributed by atoms with E-state index in [-0.39, 0.29) is 33.0 Å². The molecule has 0 aliphatic carbocycles. The van der Waals surface area contributed by atoms with Crippen molar-refractivity contribution in [2.75, 3.05) is 11.5 Å². The van der Waals surface area contributed by atoms with Crippen LogP contribution in [0.4, 0.5) is 0 Å². The van der Waals surface area contributed by atoms with E-state index in [1.54, 1.807) is 0 Å². The quantitative estimate of drug-likeness (QED) is 0.200. The van der Waals surface area contributed by atoms with Crippen LogP contribution in [0, 0.1) is 9.81 Å². The molecule has 1 aliphatic rings. The van der Waals surface area contributed by atoms with Crippen molar-refractivity contribution >= 4 is 17.2 Å². The zero-order valence-corrected chi connectivity index (χ0v) is 22.3. The van der Waals surface area contributed by atoms with Gasteiger partial charge in [0.25, 0.3) is 0 Å². The van der Waals surface area contributed by atoms with Crippen molar-refractivity contribution in [3.05, 3.63) is 110 Å². The average molecular weight is 581 g/mol. The van der Waals surface area contributed by atoms with Crippen molar-refractivity contribution in [1.29, 1.82) is 0 Å². The van der Waals surface area contributed by atoms with Gasteiger partial charge in [0, 0.05) is 0 Å². The second-order valence-corrected chi connectivity index (χ2v) is 12.6. The van der Waals surface area contributed by atoms with Crippen LogP contribution in [0.3, 0.4) is 0 Å². The van der Waals surface area contributed by atoms with Crippen LogP contribution in [0.25, 0.3) is 11.1 Å². The molecule has 4 nitrogen and oxygen atoms in total. The zero-order valence-electron chi connectivity index (χ0n) is 19.4. The predicted octanol–water partition coefficient (Wildman–Crippen LogP) is 2.52. The average Bonchev–Trinajstić information content (AvgIpc) is 3.46. The molecule has 1 amide bonds. The van der Waals surface area contributed by atoms with Crippen LogP contribution in [0.5, 0.6) is 0 Å². The Morgan fingerprint density at radius 2 is 1.91 bits per heavy atom. The van der Waals surface area contributed by atoms with Crippen molar-refractivity contribution < 1.29 is 26.0 Å². The van der Waals surface area contributed by atoms with E-state index in [9.17, 15) is 4.79 Å². The summed E-state index contributed by atoms with van der Waals surface area (Å²) in [4.78, 5) is 18.2. The maximum absolute atomic E-state index is 12.6. The number of thiophene rings is 1. The molecule has 174 valence electrons. The first kappa shape index (κ1) is 23.1. The Morgan fingerprint density at radius 1 is 1.15 bits per heavy atom. The van der Waals surface area contributed by atoms with Gasteiger partial charge in [-0.1, -0.05) is 18.2 Å². The summed E-state index contributed by atoms with van der Waals surface area (Å²) in [7, 11) is 0. The molecule has 0 bridgehead atoms. The topological polar surface area (TPSA) is 38.1 Å². The molecule has 0 saturated heterocycles. The molecule has 0 saturated carbocycles. The van der Waals surface area contributed by atoms with Crippen LogP contribution in [0.2, 0.25) is 0 Å². The summed E-state index contributed by atoms with van der Waals surface area (Å²) < 4.78 is 3.51. The molecule has 34 heavy (non-hydrogen) atoms. The van der Waals surface area contributed by atoms with Crippen molar-refractivity contribution in [2.24, 2.45) is 0 Å². The van der Waals surface area contributed by atoms with Crippen LogP contribution in [0.15, 0.2) is 79.5 Å². The fraction of sp³-hybridized carbons (Fsp3) is 0.214. The Labute approximate surface area is 215 Å². The molecule has 1 atom stereocenters.